The van der Waals surface area contributed by atoms with Gasteiger partial charge in [-0.3, -0.25) is 4.79 Å². The van der Waals surface area contributed by atoms with Crippen molar-refractivity contribution in [2.24, 2.45) is 23.2 Å². The lowest BCUT2D eigenvalue weighted by atomic mass is 9.48. The second-order valence-electron chi connectivity index (χ2n) is 11.5. The molecule has 0 amide bonds. The number of benzene rings is 1. The van der Waals surface area contributed by atoms with Crippen LogP contribution in [0.25, 0.3) is 0 Å². The number of anilines is 2. The Morgan fingerprint density at radius 1 is 1.03 bits per heavy atom. The van der Waals surface area contributed by atoms with Gasteiger partial charge in [-0.15, -0.1) is 11.3 Å². The minimum Gasteiger partial charge on any atom is -0.465 e. The zero-order valence-electron chi connectivity index (χ0n) is 22.1. The Balaban J connectivity index is 1.44. The van der Waals surface area contributed by atoms with Crippen LogP contribution in [0, 0.1) is 23.2 Å². The van der Waals surface area contributed by atoms with Gasteiger partial charge < -0.3 is 20.5 Å². The van der Waals surface area contributed by atoms with E-state index in [2.05, 4.69) is 5.32 Å². The number of carbonyl (C=O) groups is 3. The highest BCUT2D eigenvalue weighted by Crippen LogP contribution is 2.62. The van der Waals surface area contributed by atoms with Crippen molar-refractivity contribution in [3.63, 3.8) is 0 Å². The molecule has 4 fully saturated rings. The Hall–Kier alpha value is -3.13. The molecule has 0 radical (unpaired) electrons. The average molecular weight is 535 g/mol. The number of allylic oxidation sites excluding steroid dienone is 1. The molecule has 38 heavy (non-hydrogen) atoms. The number of carbonyl (C=O) groups excluding carboxylic acids is 3. The Kier molecular flexibility index (Phi) is 6.13. The van der Waals surface area contributed by atoms with Gasteiger partial charge >= 0.3 is 11.9 Å². The summed E-state index contributed by atoms with van der Waals surface area (Å²) < 4.78 is 10.3. The molecule has 4 aliphatic carbocycles. The first kappa shape index (κ1) is 25.2. The number of hydrogen-bond acceptors (Lipinski definition) is 8. The number of methoxy groups -OCH3 is 1. The van der Waals surface area contributed by atoms with Crippen molar-refractivity contribution in [3.05, 3.63) is 57.1 Å². The standard InChI is InChI=1S/C30H34N2O5S/c1-4-37-29(35)21-15(2)32-27-23(22(21)19-5-7-20(8-6-19)28(34)36-3)24(31)25(38-27)26(33)30-12-16-9-17(13-30)11-18(10-16)14-30/h5-8,16-18,22,32H,4,9-14,31H2,1-3H3/t16?,17?,18?,22-,30?/m1/s1. The molecule has 4 saturated carbocycles. The van der Waals surface area contributed by atoms with Crippen molar-refractivity contribution < 1.29 is 23.9 Å². The van der Waals surface area contributed by atoms with E-state index in [1.54, 1.807) is 19.1 Å². The monoisotopic (exact) mass is 534 g/mol. The summed E-state index contributed by atoms with van der Waals surface area (Å²) >= 11 is 1.41. The maximum atomic E-state index is 14.3. The molecular weight excluding hydrogens is 500 g/mol. The van der Waals surface area contributed by atoms with Gasteiger partial charge in [-0.2, -0.15) is 0 Å². The van der Waals surface area contributed by atoms with E-state index in [-0.39, 0.29) is 17.8 Å². The third-order valence-electron chi connectivity index (χ3n) is 9.15. The topological polar surface area (TPSA) is 108 Å². The lowest BCUT2D eigenvalue weighted by Gasteiger charge is -2.55. The fraction of sp³-hybridized carbons (Fsp3) is 0.500. The normalized spacial score (nSPS) is 29.0. The van der Waals surface area contributed by atoms with Gasteiger partial charge in [-0.05, 0) is 87.8 Å². The second-order valence-corrected chi connectivity index (χ2v) is 12.6. The minimum atomic E-state index is -0.522. The van der Waals surface area contributed by atoms with Crippen molar-refractivity contribution in [2.75, 3.05) is 24.8 Å². The van der Waals surface area contributed by atoms with Crippen LogP contribution in [-0.4, -0.2) is 31.4 Å². The highest BCUT2D eigenvalue weighted by Gasteiger charge is 2.55. The Morgan fingerprint density at radius 2 is 1.63 bits per heavy atom. The predicted octanol–water partition coefficient (Wildman–Crippen LogP) is 5.91. The van der Waals surface area contributed by atoms with Crippen LogP contribution < -0.4 is 11.1 Å². The van der Waals surface area contributed by atoms with Gasteiger partial charge in [0.1, 0.15) is 0 Å². The number of rotatable bonds is 6. The van der Waals surface area contributed by atoms with Crippen molar-refractivity contribution >= 4 is 39.7 Å². The largest absolute Gasteiger partial charge is 0.465 e. The fourth-order valence-electron chi connectivity index (χ4n) is 7.98. The SMILES string of the molecule is CCOC(=O)C1=C(C)Nc2sc(C(=O)C34CC5CC(CC(C5)C3)C4)c(N)c2[C@@H]1c1ccc(C(=O)OC)cc1. The quantitative estimate of drug-likeness (QED) is 0.350. The number of ether oxygens (including phenoxy) is 2. The highest BCUT2D eigenvalue weighted by atomic mass is 32.1. The molecule has 1 aliphatic heterocycles. The van der Waals surface area contributed by atoms with Crippen LogP contribution in [0.3, 0.4) is 0 Å². The Bertz CT molecular complexity index is 1320. The number of fused-ring (bicyclic) bond motifs is 1. The smallest absolute Gasteiger partial charge is 0.337 e. The third kappa shape index (κ3) is 3.87. The summed E-state index contributed by atoms with van der Waals surface area (Å²) in [6.45, 7) is 3.86. The minimum absolute atomic E-state index is 0.186. The van der Waals surface area contributed by atoms with E-state index in [4.69, 9.17) is 15.2 Å². The maximum Gasteiger partial charge on any atom is 0.337 e. The van der Waals surface area contributed by atoms with Gasteiger partial charge in [0.05, 0.1) is 40.4 Å². The van der Waals surface area contributed by atoms with Crippen LogP contribution in [0.5, 0.6) is 0 Å². The van der Waals surface area contributed by atoms with Gasteiger partial charge in [-0.1, -0.05) is 12.1 Å². The Morgan fingerprint density at radius 3 is 2.18 bits per heavy atom. The zero-order valence-corrected chi connectivity index (χ0v) is 22.9. The van der Waals surface area contributed by atoms with Gasteiger partial charge in [0.2, 0.25) is 0 Å². The summed E-state index contributed by atoms with van der Waals surface area (Å²) in [4.78, 5) is 40.1. The number of ketones is 1. The van der Waals surface area contributed by atoms with E-state index in [0.29, 0.717) is 45.2 Å². The van der Waals surface area contributed by atoms with Gasteiger partial charge in [-0.25, -0.2) is 9.59 Å². The Labute approximate surface area is 226 Å². The molecule has 3 N–H and O–H groups in total. The summed E-state index contributed by atoms with van der Waals surface area (Å²) in [7, 11) is 1.34. The molecule has 1 atom stereocenters. The van der Waals surface area contributed by atoms with Gasteiger partial charge in [0, 0.05) is 22.6 Å². The summed E-state index contributed by atoms with van der Waals surface area (Å²) in [5.41, 5.74) is 10.1. The van der Waals surface area contributed by atoms with E-state index in [0.717, 1.165) is 35.4 Å². The summed E-state index contributed by atoms with van der Waals surface area (Å²) in [5, 5.41) is 4.16. The van der Waals surface area contributed by atoms with E-state index >= 15 is 0 Å². The molecule has 1 aromatic heterocycles. The second kappa shape index (κ2) is 9.26. The number of esters is 2. The van der Waals surface area contributed by atoms with Crippen LogP contribution in [0.1, 0.15) is 89.4 Å². The van der Waals surface area contributed by atoms with Crippen molar-refractivity contribution in [1.29, 1.82) is 0 Å². The molecule has 0 unspecified atom stereocenters. The first-order valence-electron chi connectivity index (χ1n) is 13.5. The molecule has 0 saturated heterocycles. The molecule has 5 aliphatic rings. The lowest BCUT2D eigenvalue weighted by Crippen LogP contribution is -2.50. The molecule has 2 aromatic rings. The van der Waals surface area contributed by atoms with Gasteiger partial charge in [0.25, 0.3) is 0 Å². The third-order valence-corrected chi connectivity index (χ3v) is 10.3. The lowest BCUT2D eigenvalue weighted by molar-refractivity contribution is -0.138. The summed E-state index contributed by atoms with van der Waals surface area (Å²) in [5.74, 6) is 0.762. The average Bonchev–Trinajstić information content (AvgIpc) is 3.21. The fourth-order valence-corrected chi connectivity index (χ4v) is 9.25. The first-order chi connectivity index (χ1) is 18.2. The zero-order chi connectivity index (χ0) is 26.8. The number of nitrogens with one attached hydrogen (secondary N) is 1. The predicted molar refractivity (Wildman–Crippen MR) is 146 cm³/mol. The van der Waals surface area contributed by atoms with Crippen molar-refractivity contribution in [3.8, 4) is 0 Å². The highest BCUT2D eigenvalue weighted by molar-refractivity contribution is 7.19. The van der Waals surface area contributed by atoms with Crippen LogP contribution in [0.15, 0.2) is 35.5 Å². The molecule has 8 heteroatoms. The molecule has 1 aromatic carbocycles. The maximum absolute atomic E-state index is 14.3. The number of hydrogen-bond donors (Lipinski definition) is 2. The van der Waals surface area contributed by atoms with Crippen molar-refractivity contribution in [1.82, 2.24) is 0 Å². The van der Waals surface area contributed by atoms with E-state index < -0.39 is 17.9 Å². The molecule has 200 valence electrons. The van der Waals surface area contributed by atoms with Gasteiger partial charge in [0.15, 0.2) is 5.78 Å². The van der Waals surface area contributed by atoms with E-state index in [1.807, 2.05) is 19.1 Å². The summed E-state index contributed by atoms with van der Waals surface area (Å²) in [6.07, 6.45) is 6.70. The van der Waals surface area contributed by atoms with Crippen LogP contribution in [0.4, 0.5) is 10.7 Å². The van der Waals surface area contributed by atoms with Crippen LogP contribution in [0.2, 0.25) is 0 Å². The van der Waals surface area contributed by atoms with E-state index in [1.165, 1.54) is 37.7 Å². The van der Waals surface area contributed by atoms with E-state index in [9.17, 15) is 14.4 Å². The number of Topliss-reactive ketones (excluding diaryl/α,β-unsaturated/α-hetero) is 1. The van der Waals surface area contributed by atoms with Crippen molar-refractivity contribution in [2.45, 2.75) is 58.3 Å². The molecule has 7 nitrogen and oxygen atoms in total. The number of nitrogens with two attached hydrogens (primary N) is 1. The summed E-state index contributed by atoms with van der Waals surface area (Å²) in [6, 6.07) is 7.00. The molecule has 4 bridgehead atoms. The molecular formula is C30H34N2O5S. The van der Waals surface area contributed by atoms with Crippen LogP contribution >= 0.6 is 11.3 Å². The van der Waals surface area contributed by atoms with Crippen LogP contribution in [-0.2, 0) is 14.3 Å². The molecule has 0 spiro atoms. The number of nitrogen functional groups attached to an aromatic ring is 1. The number of thiophene rings is 1. The first-order valence-corrected chi connectivity index (χ1v) is 14.4. The molecule has 7 rings (SSSR count). The molecule has 2 heterocycles.